The summed E-state index contributed by atoms with van der Waals surface area (Å²) >= 11 is 5.93. The monoisotopic (exact) mass is 397 g/mol. The molecule has 0 saturated carbocycles. The van der Waals surface area contributed by atoms with Crippen molar-refractivity contribution in [3.05, 3.63) is 64.8 Å². The van der Waals surface area contributed by atoms with Gasteiger partial charge in [-0.05, 0) is 44.0 Å². The Morgan fingerprint density at radius 1 is 1.18 bits per heavy atom. The van der Waals surface area contributed by atoms with Gasteiger partial charge in [-0.25, -0.2) is 4.98 Å². The van der Waals surface area contributed by atoms with E-state index in [1.807, 2.05) is 11.8 Å². The second-order valence-electron chi connectivity index (χ2n) is 6.78. The first-order chi connectivity index (χ1) is 13.6. The number of H-pyrrole nitrogens is 1. The van der Waals surface area contributed by atoms with E-state index in [2.05, 4.69) is 20.2 Å². The standard InChI is InChI=1S/C20H20ClN5O2/c1-13-17(12-24-25-13)20(27)26-10-6-14(7-11-26)18-19(23-9-8-22-18)28-16-4-2-15(21)3-5-16/h2-5,8-9,12,14H,6-7,10-11H2,1H3,(H,24,25). The van der Waals surface area contributed by atoms with Gasteiger partial charge in [0.15, 0.2) is 0 Å². The van der Waals surface area contributed by atoms with Crippen LogP contribution < -0.4 is 4.74 Å². The van der Waals surface area contributed by atoms with Crippen LogP contribution in [0.25, 0.3) is 0 Å². The molecule has 1 amide bonds. The van der Waals surface area contributed by atoms with Gasteiger partial charge in [0.05, 0.1) is 11.8 Å². The van der Waals surface area contributed by atoms with Crippen LogP contribution in [0.2, 0.25) is 5.02 Å². The zero-order valence-electron chi connectivity index (χ0n) is 15.4. The number of hydrogen-bond donors (Lipinski definition) is 1. The topological polar surface area (TPSA) is 84.0 Å². The van der Waals surface area contributed by atoms with Crippen molar-refractivity contribution in [2.75, 3.05) is 13.1 Å². The molecular weight excluding hydrogens is 378 g/mol. The van der Waals surface area contributed by atoms with Crippen LogP contribution >= 0.6 is 11.6 Å². The number of nitrogens with one attached hydrogen (secondary N) is 1. The minimum absolute atomic E-state index is 0.0153. The summed E-state index contributed by atoms with van der Waals surface area (Å²) in [7, 11) is 0. The molecule has 7 nitrogen and oxygen atoms in total. The highest BCUT2D eigenvalue weighted by Gasteiger charge is 2.28. The van der Waals surface area contributed by atoms with Crippen LogP contribution in [0.15, 0.2) is 42.9 Å². The van der Waals surface area contributed by atoms with Crippen molar-refractivity contribution in [2.45, 2.75) is 25.7 Å². The number of hydrogen-bond acceptors (Lipinski definition) is 5. The molecule has 0 unspecified atom stereocenters. The molecule has 0 atom stereocenters. The van der Waals surface area contributed by atoms with Gasteiger partial charge in [0.2, 0.25) is 5.88 Å². The summed E-state index contributed by atoms with van der Waals surface area (Å²) in [6, 6.07) is 7.15. The Bertz CT molecular complexity index is 965. The Balaban J connectivity index is 1.45. The van der Waals surface area contributed by atoms with Gasteiger partial charge in [-0.3, -0.25) is 14.9 Å². The summed E-state index contributed by atoms with van der Waals surface area (Å²) in [6.07, 6.45) is 6.49. The van der Waals surface area contributed by atoms with Crippen molar-refractivity contribution in [1.29, 1.82) is 0 Å². The average molecular weight is 398 g/mol. The van der Waals surface area contributed by atoms with Crippen molar-refractivity contribution in [2.24, 2.45) is 0 Å². The highest BCUT2D eigenvalue weighted by Crippen LogP contribution is 2.34. The first kappa shape index (κ1) is 18.4. The summed E-state index contributed by atoms with van der Waals surface area (Å²) in [5.41, 5.74) is 2.24. The van der Waals surface area contributed by atoms with E-state index in [0.717, 1.165) is 24.2 Å². The number of carbonyl (C=O) groups is 1. The molecule has 4 rings (SSSR count). The third kappa shape index (κ3) is 3.84. The predicted octanol–water partition coefficient (Wildman–Crippen LogP) is 3.97. The molecule has 1 aromatic carbocycles. The van der Waals surface area contributed by atoms with Gasteiger partial charge in [-0.15, -0.1) is 0 Å². The van der Waals surface area contributed by atoms with E-state index in [-0.39, 0.29) is 11.8 Å². The Kier molecular flexibility index (Phi) is 5.25. The van der Waals surface area contributed by atoms with E-state index < -0.39 is 0 Å². The van der Waals surface area contributed by atoms with Gasteiger partial charge >= 0.3 is 0 Å². The largest absolute Gasteiger partial charge is 0.437 e. The van der Waals surface area contributed by atoms with Crippen LogP contribution in [0.1, 0.15) is 40.5 Å². The van der Waals surface area contributed by atoms with Gasteiger partial charge in [0.1, 0.15) is 11.4 Å². The molecule has 0 bridgehead atoms. The van der Waals surface area contributed by atoms with Crippen LogP contribution in [-0.4, -0.2) is 44.1 Å². The van der Waals surface area contributed by atoms with Crippen molar-refractivity contribution in [3.63, 3.8) is 0 Å². The van der Waals surface area contributed by atoms with Gasteiger partial charge in [0, 0.05) is 42.1 Å². The molecule has 144 valence electrons. The Morgan fingerprint density at radius 3 is 2.57 bits per heavy atom. The number of carbonyl (C=O) groups excluding carboxylic acids is 1. The Hall–Kier alpha value is -2.93. The number of nitrogens with zero attached hydrogens (tertiary/aromatic N) is 4. The minimum Gasteiger partial charge on any atom is -0.437 e. The minimum atomic E-state index is 0.0153. The van der Waals surface area contributed by atoms with Gasteiger partial charge < -0.3 is 9.64 Å². The first-order valence-corrected chi connectivity index (χ1v) is 9.53. The zero-order chi connectivity index (χ0) is 19.5. The van der Waals surface area contributed by atoms with E-state index in [9.17, 15) is 4.79 Å². The number of piperidine rings is 1. The molecule has 3 heterocycles. The number of amides is 1. The van der Waals surface area contributed by atoms with Crippen molar-refractivity contribution in [3.8, 4) is 11.6 Å². The highest BCUT2D eigenvalue weighted by atomic mass is 35.5. The second-order valence-corrected chi connectivity index (χ2v) is 7.21. The second kappa shape index (κ2) is 7.98. The molecule has 1 aliphatic rings. The fraction of sp³-hybridized carbons (Fsp3) is 0.300. The molecule has 3 aromatic rings. The molecular formula is C20H20ClN5O2. The number of aromatic amines is 1. The van der Waals surface area contributed by atoms with Gasteiger partial charge in [-0.1, -0.05) is 11.6 Å². The predicted molar refractivity (Wildman–Crippen MR) is 105 cm³/mol. The highest BCUT2D eigenvalue weighted by molar-refractivity contribution is 6.30. The van der Waals surface area contributed by atoms with Crippen LogP contribution in [0, 0.1) is 6.92 Å². The van der Waals surface area contributed by atoms with Crippen LogP contribution in [0.4, 0.5) is 0 Å². The molecule has 1 fully saturated rings. The Labute approximate surface area is 167 Å². The van der Waals surface area contributed by atoms with E-state index in [1.165, 1.54) is 0 Å². The zero-order valence-corrected chi connectivity index (χ0v) is 16.2. The fourth-order valence-corrected chi connectivity index (χ4v) is 3.53. The Morgan fingerprint density at radius 2 is 1.89 bits per heavy atom. The van der Waals surface area contributed by atoms with Gasteiger partial charge in [-0.2, -0.15) is 5.10 Å². The smallest absolute Gasteiger partial charge is 0.257 e. The normalized spacial score (nSPS) is 14.9. The lowest BCUT2D eigenvalue weighted by Crippen LogP contribution is -2.38. The number of rotatable bonds is 4. The number of aryl methyl sites for hydroxylation is 1. The number of benzene rings is 1. The van der Waals surface area contributed by atoms with Gasteiger partial charge in [0.25, 0.3) is 5.91 Å². The number of aromatic nitrogens is 4. The maximum Gasteiger partial charge on any atom is 0.257 e. The summed E-state index contributed by atoms with van der Waals surface area (Å²) in [5.74, 6) is 1.36. The molecule has 0 spiro atoms. The van der Waals surface area contributed by atoms with Crippen LogP contribution in [-0.2, 0) is 0 Å². The maximum atomic E-state index is 12.7. The lowest BCUT2D eigenvalue weighted by molar-refractivity contribution is 0.0711. The summed E-state index contributed by atoms with van der Waals surface area (Å²) in [5, 5.41) is 7.41. The van der Waals surface area contributed by atoms with Crippen LogP contribution in [0.3, 0.4) is 0 Å². The lowest BCUT2D eigenvalue weighted by Gasteiger charge is -2.32. The SMILES string of the molecule is Cc1[nH]ncc1C(=O)N1CCC(c2nccnc2Oc2ccc(Cl)cc2)CC1. The fourth-order valence-electron chi connectivity index (χ4n) is 3.40. The number of halogens is 1. The van der Waals surface area contributed by atoms with Crippen molar-refractivity contribution < 1.29 is 9.53 Å². The number of ether oxygens (including phenoxy) is 1. The molecule has 1 saturated heterocycles. The molecule has 28 heavy (non-hydrogen) atoms. The lowest BCUT2D eigenvalue weighted by atomic mass is 9.93. The van der Waals surface area contributed by atoms with E-state index in [1.54, 1.807) is 42.9 Å². The average Bonchev–Trinajstić information content (AvgIpc) is 3.16. The third-order valence-corrected chi connectivity index (χ3v) is 5.20. The summed E-state index contributed by atoms with van der Waals surface area (Å²) in [4.78, 5) is 23.4. The van der Waals surface area contributed by atoms with Crippen molar-refractivity contribution >= 4 is 17.5 Å². The molecule has 1 aliphatic heterocycles. The molecule has 0 radical (unpaired) electrons. The van der Waals surface area contributed by atoms with E-state index >= 15 is 0 Å². The molecule has 1 N–H and O–H groups in total. The van der Waals surface area contributed by atoms with E-state index in [0.29, 0.717) is 35.3 Å². The molecule has 2 aromatic heterocycles. The summed E-state index contributed by atoms with van der Waals surface area (Å²) < 4.78 is 5.94. The first-order valence-electron chi connectivity index (χ1n) is 9.15. The molecule has 8 heteroatoms. The molecule has 0 aliphatic carbocycles. The number of likely N-dealkylation sites (tertiary alicyclic amines) is 1. The quantitative estimate of drug-likeness (QED) is 0.720. The maximum absolute atomic E-state index is 12.7. The van der Waals surface area contributed by atoms with E-state index in [4.69, 9.17) is 16.3 Å². The van der Waals surface area contributed by atoms with Crippen LogP contribution in [0.5, 0.6) is 11.6 Å². The van der Waals surface area contributed by atoms with Crippen molar-refractivity contribution in [1.82, 2.24) is 25.1 Å². The summed E-state index contributed by atoms with van der Waals surface area (Å²) in [6.45, 7) is 3.17. The third-order valence-electron chi connectivity index (χ3n) is 4.95.